The van der Waals surface area contributed by atoms with Crippen LogP contribution in [0.1, 0.15) is 49.3 Å². The van der Waals surface area contributed by atoms with E-state index in [1.807, 2.05) is 0 Å². The maximum Gasteiger partial charge on any atom is 0.123 e. The van der Waals surface area contributed by atoms with Crippen LogP contribution in [0, 0.1) is 6.92 Å². The van der Waals surface area contributed by atoms with Crippen LogP contribution in [-0.2, 0) is 17.8 Å². The molecule has 5 atom stereocenters. The number of rotatable bonds is 11. The number of nitrogens with zero attached hydrogens (tertiary/aromatic N) is 1. The van der Waals surface area contributed by atoms with E-state index < -0.39 is 30.6 Å². The van der Waals surface area contributed by atoms with E-state index in [4.69, 9.17) is 4.74 Å². The summed E-state index contributed by atoms with van der Waals surface area (Å²) in [4.78, 5) is 1.80. The Morgan fingerprint density at radius 1 is 1.10 bits per heavy atom. The van der Waals surface area contributed by atoms with Gasteiger partial charge in [0.15, 0.2) is 0 Å². The SMILES string of the molecule is CCCc1ccc(COCC(F)CCCCN2C[C@H](O)[C@@H](O)[C@H](O)[C@@H](O)C2)c(C)c1. The number of benzene rings is 1. The number of aryl methyl sites for hydroxylation is 2. The van der Waals surface area contributed by atoms with E-state index in [1.54, 1.807) is 4.90 Å². The van der Waals surface area contributed by atoms with E-state index in [0.29, 0.717) is 32.4 Å². The zero-order chi connectivity index (χ0) is 22.1. The van der Waals surface area contributed by atoms with Crippen molar-refractivity contribution in [1.29, 1.82) is 0 Å². The van der Waals surface area contributed by atoms with Gasteiger partial charge in [0, 0.05) is 13.1 Å². The number of halogens is 1. The van der Waals surface area contributed by atoms with Crippen molar-refractivity contribution in [2.24, 2.45) is 0 Å². The van der Waals surface area contributed by atoms with Gasteiger partial charge in [0.1, 0.15) is 18.4 Å². The number of aliphatic hydroxyl groups excluding tert-OH is 4. The molecule has 0 saturated carbocycles. The Morgan fingerprint density at radius 3 is 2.37 bits per heavy atom. The molecule has 0 aromatic heterocycles. The largest absolute Gasteiger partial charge is 0.389 e. The summed E-state index contributed by atoms with van der Waals surface area (Å²) in [5, 5.41) is 39.2. The molecular formula is C23H38FNO5. The first kappa shape index (κ1) is 25.2. The fourth-order valence-electron chi connectivity index (χ4n) is 3.90. The van der Waals surface area contributed by atoms with Crippen LogP contribution < -0.4 is 0 Å². The Kier molecular flexibility index (Phi) is 10.6. The van der Waals surface area contributed by atoms with Crippen LogP contribution in [-0.4, -0.2) is 82.2 Å². The number of hydrogen-bond acceptors (Lipinski definition) is 6. The molecule has 0 amide bonds. The molecular weight excluding hydrogens is 389 g/mol. The lowest BCUT2D eigenvalue weighted by Gasteiger charge is -2.23. The number of hydrogen-bond donors (Lipinski definition) is 4. The van der Waals surface area contributed by atoms with Crippen molar-refractivity contribution in [1.82, 2.24) is 4.90 Å². The normalized spacial score (nSPS) is 26.5. The van der Waals surface area contributed by atoms with Gasteiger partial charge in [-0.2, -0.15) is 0 Å². The number of aliphatic hydroxyl groups is 4. The second-order valence-electron chi connectivity index (χ2n) is 8.49. The Labute approximate surface area is 179 Å². The molecule has 2 rings (SSSR count). The number of ether oxygens (including phenoxy) is 1. The second-order valence-corrected chi connectivity index (χ2v) is 8.49. The van der Waals surface area contributed by atoms with Gasteiger partial charge >= 0.3 is 0 Å². The van der Waals surface area contributed by atoms with Crippen molar-refractivity contribution in [2.75, 3.05) is 26.2 Å². The lowest BCUT2D eigenvalue weighted by atomic mass is 10.0. The van der Waals surface area contributed by atoms with Gasteiger partial charge in [0.25, 0.3) is 0 Å². The first-order valence-corrected chi connectivity index (χ1v) is 11.1. The monoisotopic (exact) mass is 427 g/mol. The van der Waals surface area contributed by atoms with Gasteiger partial charge in [0.05, 0.1) is 25.4 Å². The van der Waals surface area contributed by atoms with Crippen molar-refractivity contribution < 1.29 is 29.6 Å². The van der Waals surface area contributed by atoms with Crippen LogP contribution in [0.3, 0.4) is 0 Å². The smallest absolute Gasteiger partial charge is 0.123 e. The lowest BCUT2D eigenvalue weighted by molar-refractivity contribution is -0.0894. The van der Waals surface area contributed by atoms with Crippen LogP contribution >= 0.6 is 0 Å². The summed E-state index contributed by atoms with van der Waals surface area (Å²) in [6.07, 6.45) is -2.06. The summed E-state index contributed by atoms with van der Waals surface area (Å²) in [5.74, 6) is 0. The lowest BCUT2D eigenvalue weighted by Crippen LogP contribution is -2.43. The first-order valence-electron chi connectivity index (χ1n) is 11.1. The van der Waals surface area contributed by atoms with Crippen molar-refractivity contribution in [3.8, 4) is 0 Å². The zero-order valence-electron chi connectivity index (χ0n) is 18.2. The maximum atomic E-state index is 14.1. The first-order chi connectivity index (χ1) is 14.3. The molecule has 1 aliphatic heterocycles. The van der Waals surface area contributed by atoms with E-state index >= 15 is 0 Å². The summed E-state index contributed by atoms with van der Waals surface area (Å²) in [6, 6.07) is 6.34. The molecule has 1 aromatic rings. The average molecular weight is 428 g/mol. The van der Waals surface area contributed by atoms with Crippen LogP contribution in [0.15, 0.2) is 18.2 Å². The van der Waals surface area contributed by atoms with Crippen LogP contribution in [0.2, 0.25) is 0 Å². The standard InChI is InChI=1S/C23H38FNO5/c1-3-6-17-8-9-18(16(2)11-17)14-30-15-19(24)7-4-5-10-25-12-20(26)22(28)23(29)21(27)13-25/h8-9,11,19-23,26-29H,3-7,10,12-15H2,1-2H3/t19?,20-,21-,22+,23+/m0/s1. The van der Waals surface area contributed by atoms with Crippen molar-refractivity contribution in [3.63, 3.8) is 0 Å². The minimum Gasteiger partial charge on any atom is -0.389 e. The summed E-state index contributed by atoms with van der Waals surface area (Å²) in [5.41, 5.74) is 3.58. The molecule has 30 heavy (non-hydrogen) atoms. The average Bonchev–Trinajstić information content (AvgIpc) is 2.79. The van der Waals surface area contributed by atoms with Gasteiger partial charge in [-0.05, 0) is 55.8 Å². The highest BCUT2D eigenvalue weighted by Crippen LogP contribution is 2.16. The van der Waals surface area contributed by atoms with Gasteiger partial charge in [-0.1, -0.05) is 31.5 Å². The van der Waals surface area contributed by atoms with Gasteiger partial charge in [-0.25, -0.2) is 4.39 Å². The quantitative estimate of drug-likeness (QED) is 0.402. The highest BCUT2D eigenvalue weighted by atomic mass is 19.1. The molecule has 6 nitrogen and oxygen atoms in total. The highest BCUT2D eigenvalue weighted by Gasteiger charge is 2.35. The minimum absolute atomic E-state index is 0.0652. The molecule has 1 aliphatic rings. The topological polar surface area (TPSA) is 93.4 Å². The minimum atomic E-state index is -1.36. The summed E-state index contributed by atoms with van der Waals surface area (Å²) in [6.45, 7) is 5.59. The number of alkyl halides is 1. The predicted octanol–water partition coefficient (Wildman–Crippen LogP) is 1.73. The summed E-state index contributed by atoms with van der Waals surface area (Å²) < 4.78 is 19.7. The fraction of sp³-hybridized carbons (Fsp3) is 0.739. The van der Waals surface area contributed by atoms with Crippen LogP contribution in [0.25, 0.3) is 0 Å². The van der Waals surface area contributed by atoms with E-state index in [-0.39, 0.29) is 19.7 Å². The Bertz CT molecular complexity index is 616. The second kappa shape index (κ2) is 12.7. The van der Waals surface area contributed by atoms with E-state index in [2.05, 4.69) is 32.0 Å². The van der Waals surface area contributed by atoms with E-state index in [0.717, 1.165) is 18.4 Å². The van der Waals surface area contributed by atoms with Crippen molar-refractivity contribution >= 4 is 0 Å². The Balaban J connectivity index is 1.63. The highest BCUT2D eigenvalue weighted by molar-refractivity contribution is 5.30. The predicted molar refractivity (Wildman–Crippen MR) is 114 cm³/mol. The fourth-order valence-corrected chi connectivity index (χ4v) is 3.90. The molecule has 7 heteroatoms. The summed E-state index contributed by atoms with van der Waals surface area (Å²) >= 11 is 0. The summed E-state index contributed by atoms with van der Waals surface area (Å²) in [7, 11) is 0. The molecule has 1 heterocycles. The third-order valence-corrected chi connectivity index (χ3v) is 5.77. The third-order valence-electron chi connectivity index (χ3n) is 5.77. The molecule has 4 N–H and O–H groups in total. The Hall–Kier alpha value is -1.09. The number of unbranched alkanes of at least 4 members (excludes halogenated alkanes) is 1. The molecule has 1 unspecified atom stereocenters. The van der Waals surface area contributed by atoms with Crippen LogP contribution in [0.4, 0.5) is 4.39 Å². The molecule has 0 spiro atoms. The molecule has 0 aliphatic carbocycles. The van der Waals surface area contributed by atoms with Crippen molar-refractivity contribution in [3.05, 3.63) is 34.9 Å². The molecule has 1 saturated heterocycles. The zero-order valence-corrected chi connectivity index (χ0v) is 18.2. The molecule has 1 fully saturated rings. The molecule has 0 radical (unpaired) electrons. The Morgan fingerprint density at radius 2 is 1.77 bits per heavy atom. The molecule has 172 valence electrons. The van der Waals surface area contributed by atoms with Crippen LogP contribution in [0.5, 0.6) is 0 Å². The van der Waals surface area contributed by atoms with E-state index in [1.165, 1.54) is 11.1 Å². The number of likely N-dealkylation sites (tertiary alicyclic amines) is 1. The van der Waals surface area contributed by atoms with Gasteiger partial charge in [0.2, 0.25) is 0 Å². The number of β-amino-alcohol motifs (C(OH)–C–C–N with tert-alkyl or cyclic N) is 2. The maximum absolute atomic E-state index is 14.1. The van der Waals surface area contributed by atoms with Gasteiger partial charge in [-0.15, -0.1) is 0 Å². The van der Waals surface area contributed by atoms with Gasteiger partial charge < -0.3 is 25.2 Å². The third kappa shape index (κ3) is 7.87. The van der Waals surface area contributed by atoms with Crippen molar-refractivity contribution in [2.45, 2.75) is 83.1 Å². The van der Waals surface area contributed by atoms with Gasteiger partial charge in [-0.3, -0.25) is 4.90 Å². The molecule has 1 aromatic carbocycles. The molecule has 0 bridgehead atoms. The van der Waals surface area contributed by atoms with E-state index in [9.17, 15) is 24.8 Å².